The van der Waals surface area contributed by atoms with E-state index in [0.29, 0.717) is 32.1 Å². The second-order valence-corrected chi connectivity index (χ2v) is 10.7. The highest BCUT2D eigenvalue weighted by molar-refractivity contribution is 5.88. The number of ether oxygens (including phenoxy) is 2. The van der Waals surface area contributed by atoms with Crippen LogP contribution >= 0.6 is 0 Å². The lowest BCUT2D eigenvalue weighted by Crippen LogP contribution is -2.35. The summed E-state index contributed by atoms with van der Waals surface area (Å²) in [5, 5.41) is 10.8. The van der Waals surface area contributed by atoms with Crippen molar-refractivity contribution in [3.8, 4) is 17.1 Å². The van der Waals surface area contributed by atoms with Gasteiger partial charge in [0.1, 0.15) is 23.8 Å². The van der Waals surface area contributed by atoms with Gasteiger partial charge in [-0.05, 0) is 57.5 Å². The minimum absolute atomic E-state index is 0.162. The van der Waals surface area contributed by atoms with Crippen LogP contribution in [0.15, 0.2) is 55.0 Å². The molecule has 222 valence electrons. The number of pyridine rings is 1. The van der Waals surface area contributed by atoms with Gasteiger partial charge in [0.05, 0.1) is 18.1 Å². The molecule has 0 unspecified atom stereocenters. The molecule has 0 saturated heterocycles. The maximum Gasteiger partial charge on any atom is 0.407 e. The molecular formula is C30H38N8O4. The van der Waals surface area contributed by atoms with Crippen LogP contribution in [-0.4, -0.2) is 69.1 Å². The van der Waals surface area contributed by atoms with Gasteiger partial charge in [-0.2, -0.15) is 5.10 Å². The van der Waals surface area contributed by atoms with Crippen molar-refractivity contribution < 1.29 is 19.1 Å². The second-order valence-electron chi connectivity index (χ2n) is 10.7. The lowest BCUT2D eigenvalue weighted by atomic mass is 10.2. The molecule has 3 aromatic heterocycles. The summed E-state index contributed by atoms with van der Waals surface area (Å²) in [5.74, 6) is 1.93. The van der Waals surface area contributed by atoms with E-state index < -0.39 is 11.7 Å². The summed E-state index contributed by atoms with van der Waals surface area (Å²) in [6.07, 6.45) is 4.90. The van der Waals surface area contributed by atoms with Gasteiger partial charge in [-0.15, -0.1) is 0 Å². The molecule has 2 amide bonds. The van der Waals surface area contributed by atoms with Crippen LogP contribution in [0.1, 0.15) is 39.7 Å². The summed E-state index contributed by atoms with van der Waals surface area (Å²) in [6, 6.07) is 11.4. The third-order valence-corrected chi connectivity index (χ3v) is 6.19. The summed E-state index contributed by atoms with van der Waals surface area (Å²) in [7, 11) is 1.97. The quantitative estimate of drug-likeness (QED) is 0.258. The zero-order valence-corrected chi connectivity index (χ0v) is 24.8. The Morgan fingerprint density at radius 2 is 1.83 bits per heavy atom. The zero-order chi connectivity index (χ0) is 30.1. The van der Waals surface area contributed by atoms with Crippen molar-refractivity contribution in [3.05, 3.63) is 60.6 Å². The third kappa shape index (κ3) is 8.38. The Labute approximate surface area is 245 Å². The summed E-state index contributed by atoms with van der Waals surface area (Å²) in [6.45, 7) is 9.69. The molecule has 2 N–H and O–H groups in total. The average Bonchev–Trinajstić information content (AvgIpc) is 3.39. The van der Waals surface area contributed by atoms with Gasteiger partial charge in [-0.1, -0.05) is 12.1 Å². The standard InChI is InChI=1S/C30H38N8O4/c1-6-38-28-24(20-34-38)27(35-26(36-28)22-8-7-14-31-19-22)37(5)16-17-41-23-11-9-21(10-12-23)18-33-25(39)13-15-32-29(40)42-30(2,3)4/h7-12,14,19-20H,6,13,15-18H2,1-5H3,(H,32,40)(H,33,39). The van der Waals surface area contributed by atoms with Crippen molar-refractivity contribution in [3.63, 3.8) is 0 Å². The van der Waals surface area contributed by atoms with Crippen LogP contribution in [0, 0.1) is 0 Å². The lowest BCUT2D eigenvalue weighted by molar-refractivity contribution is -0.121. The number of alkyl carbamates (subject to hydrolysis) is 1. The summed E-state index contributed by atoms with van der Waals surface area (Å²) < 4.78 is 13.0. The van der Waals surface area contributed by atoms with Crippen molar-refractivity contribution in [1.29, 1.82) is 0 Å². The van der Waals surface area contributed by atoms with E-state index in [9.17, 15) is 9.59 Å². The van der Waals surface area contributed by atoms with Crippen molar-refractivity contribution in [2.75, 3.05) is 31.6 Å². The van der Waals surface area contributed by atoms with Gasteiger partial charge < -0.3 is 25.0 Å². The maximum absolute atomic E-state index is 12.1. The number of fused-ring (bicyclic) bond motifs is 1. The number of hydrogen-bond acceptors (Lipinski definition) is 9. The highest BCUT2D eigenvalue weighted by atomic mass is 16.6. The Bertz CT molecular complexity index is 1480. The first-order chi connectivity index (χ1) is 20.1. The number of hydrogen-bond donors (Lipinski definition) is 2. The van der Waals surface area contributed by atoms with Crippen LogP contribution in [0.4, 0.5) is 10.6 Å². The minimum atomic E-state index is -0.578. The van der Waals surface area contributed by atoms with Gasteiger partial charge in [0.15, 0.2) is 11.5 Å². The smallest absolute Gasteiger partial charge is 0.407 e. The third-order valence-electron chi connectivity index (χ3n) is 6.19. The molecule has 42 heavy (non-hydrogen) atoms. The van der Waals surface area contributed by atoms with Gasteiger partial charge in [0.25, 0.3) is 0 Å². The Balaban J connectivity index is 1.27. The van der Waals surface area contributed by atoms with Crippen LogP contribution in [-0.2, 0) is 22.6 Å². The molecule has 0 atom stereocenters. The highest BCUT2D eigenvalue weighted by Crippen LogP contribution is 2.26. The van der Waals surface area contributed by atoms with Crippen LogP contribution in [0.2, 0.25) is 0 Å². The number of anilines is 1. The SMILES string of the molecule is CCn1ncc2c(N(C)CCOc3ccc(CNC(=O)CCNC(=O)OC(C)(C)C)cc3)nc(-c3cccnc3)nc21. The highest BCUT2D eigenvalue weighted by Gasteiger charge is 2.17. The maximum atomic E-state index is 12.1. The van der Waals surface area contributed by atoms with Crippen LogP contribution in [0.5, 0.6) is 5.75 Å². The number of carbonyl (C=O) groups is 2. The Kier molecular flexibility index (Phi) is 9.89. The predicted octanol–water partition coefficient (Wildman–Crippen LogP) is 3.95. The first kappa shape index (κ1) is 30.2. The van der Waals surface area contributed by atoms with E-state index in [1.165, 1.54) is 0 Å². The molecule has 0 saturated carbocycles. The molecule has 0 bridgehead atoms. The molecule has 0 fully saturated rings. The number of likely N-dealkylation sites (N-methyl/N-ethyl adjacent to an activating group) is 1. The monoisotopic (exact) mass is 574 g/mol. The number of aryl methyl sites for hydroxylation is 1. The first-order valence-corrected chi connectivity index (χ1v) is 13.9. The number of aromatic nitrogens is 5. The number of rotatable bonds is 12. The number of carbonyl (C=O) groups excluding carboxylic acids is 2. The molecule has 0 radical (unpaired) electrons. The molecular weight excluding hydrogens is 536 g/mol. The number of amides is 2. The Hall–Kier alpha value is -4.74. The molecule has 0 spiro atoms. The number of nitrogens with one attached hydrogen (secondary N) is 2. The minimum Gasteiger partial charge on any atom is -0.492 e. The largest absolute Gasteiger partial charge is 0.492 e. The lowest BCUT2D eigenvalue weighted by Gasteiger charge is -2.20. The van der Waals surface area contributed by atoms with Crippen LogP contribution in [0.25, 0.3) is 22.4 Å². The first-order valence-electron chi connectivity index (χ1n) is 13.9. The van der Waals surface area contributed by atoms with Crippen molar-refractivity contribution in [2.45, 2.75) is 52.8 Å². The summed E-state index contributed by atoms with van der Waals surface area (Å²) in [5.41, 5.74) is 1.97. The Morgan fingerprint density at radius 1 is 1.05 bits per heavy atom. The van der Waals surface area contributed by atoms with E-state index >= 15 is 0 Å². The van der Waals surface area contributed by atoms with Gasteiger partial charge >= 0.3 is 6.09 Å². The molecule has 12 heteroatoms. The van der Waals surface area contributed by atoms with Gasteiger partial charge in [-0.25, -0.2) is 19.4 Å². The van der Waals surface area contributed by atoms with Crippen LogP contribution in [0.3, 0.4) is 0 Å². The fourth-order valence-electron chi connectivity index (χ4n) is 4.08. The van der Waals surface area contributed by atoms with Crippen molar-refractivity contribution >= 4 is 28.9 Å². The molecule has 3 heterocycles. The molecule has 0 aliphatic carbocycles. The normalized spacial score (nSPS) is 11.3. The summed E-state index contributed by atoms with van der Waals surface area (Å²) >= 11 is 0. The fraction of sp³-hybridized carbons (Fsp3) is 0.400. The van der Waals surface area contributed by atoms with E-state index in [4.69, 9.17) is 19.4 Å². The van der Waals surface area contributed by atoms with E-state index in [2.05, 4.69) is 20.7 Å². The topological polar surface area (TPSA) is 136 Å². The summed E-state index contributed by atoms with van der Waals surface area (Å²) in [4.78, 5) is 39.6. The van der Waals surface area contributed by atoms with E-state index in [-0.39, 0.29) is 18.9 Å². The number of nitrogens with zero attached hydrogens (tertiary/aromatic N) is 6. The Morgan fingerprint density at radius 3 is 2.52 bits per heavy atom. The predicted molar refractivity (Wildman–Crippen MR) is 160 cm³/mol. The van der Waals surface area contributed by atoms with Crippen molar-refractivity contribution in [2.24, 2.45) is 0 Å². The molecule has 1 aromatic carbocycles. The van der Waals surface area contributed by atoms with E-state index in [0.717, 1.165) is 33.7 Å². The molecule has 4 rings (SSSR count). The van der Waals surface area contributed by atoms with Gasteiger partial charge in [-0.3, -0.25) is 9.78 Å². The number of benzene rings is 1. The molecule has 4 aromatic rings. The average molecular weight is 575 g/mol. The second kappa shape index (κ2) is 13.7. The van der Waals surface area contributed by atoms with Crippen LogP contribution < -0.4 is 20.3 Å². The van der Waals surface area contributed by atoms with E-state index in [1.807, 2.05) is 60.0 Å². The van der Waals surface area contributed by atoms with E-state index in [1.54, 1.807) is 39.4 Å². The molecule has 12 nitrogen and oxygen atoms in total. The molecule has 0 aliphatic heterocycles. The van der Waals surface area contributed by atoms with Gasteiger partial charge in [0, 0.05) is 51.1 Å². The van der Waals surface area contributed by atoms with Gasteiger partial charge in [0.2, 0.25) is 5.91 Å². The fourth-order valence-corrected chi connectivity index (χ4v) is 4.08. The zero-order valence-electron chi connectivity index (χ0n) is 24.8. The molecule has 0 aliphatic rings. The van der Waals surface area contributed by atoms with Crippen molar-refractivity contribution in [1.82, 2.24) is 35.4 Å².